The van der Waals surface area contributed by atoms with Crippen molar-refractivity contribution in [3.63, 3.8) is 0 Å². The monoisotopic (exact) mass is 484 g/mol. The van der Waals surface area contributed by atoms with Crippen molar-refractivity contribution < 1.29 is 31.9 Å². The molecule has 0 bridgehead atoms. The summed E-state index contributed by atoms with van der Waals surface area (Å²) in [7, 11) is -1.15. The first-order valence-electron chi connectivity index (χ1n) is 10.3. The van der Waals surface area contributed by atoms with Gasteiger partial charge in [0, 0.05) is 31.8 Å². The Morgan fingerprint density at radius 1 is 1.33 bits per heavy atom. The SMILES string of the molecule is CCC(O)CN(C)c1ncc(S(=O)(=O)NCC2CC(c3ccc(OC)c(F)c3)=NO2)cc1F. The molecular weight excluding hydrogens is 458 g/mol. The number of oxime groups is 1. The standard InChI is InChI=1S/C21H26F2N4O5S/c1-4-14(28)12-27(2)21-18(23)9-16(11-24-21)33(29,30)25-10-15-8-19(26-32-15)13-5-6-20(31-3)17(22)7-13/h5-7,9,11,14-15,25,28H,4,8,10,12H2,1-3H3. The van der Waals surface area contributed by atoms with Crippen LogP contribution in [0.5, 0.6) is 5.75 Å². The lowest BCUT2D eigenvalue weighted by Crippen LogP contribution is -2.33. The quantitative estimate of drug-likeness (QED) is 0.531. The number of sulfonamides is 1. The van der Waals surface area contributed by atoms with Crippen molar-refractivity contribution >= 4 is 21.6 Å². The zero-order chi connectivity index (χ0) is 24.2. The number of aromatic nitrogens is 1. The Morgan fingerprint density at radius 2 is 2.09 bits per heavy atom. The molecule has 12 heteroatoms. The molecule has 9 nitrogen and oxygen atoms in total. The largest absolute Gasteiger partial charge is 0.494 e. The van der Waals surface area contributed by atoms with E-state index in [1.54, 1.807) is 20.0 Å². The van der Waals surface area contributed by atoms with Crippen molar-refractivity contribution in [2.24, 2.45) is 5.16 Å². The molecule has 2 aromatic rings. The Bertz CT molecular complexity index is 1130. The second-order valence-electron chi connectivity index (χ2n) is 7.59. The molecule has 2 atom stereocenters. The molecule has 1 aliphatic heterocycles. The van der Waals surface area contributed by atoms with Crippen molar-refractivity contribution in [2.45, 2.75) is 36.9 Å². The van der Waals surface area contributed by atoms with Crippen LogP contribution in [0.25, 0.3) is 0 Å². The number of nitrogens with zero attached hydrogens (tertiary/aromatic N) is 3. The van der Waals surface area contributed by atoms with Crippen molar-refractivity contribution in [1.29, 1.82) is 0 Å². The number of ether oxygens (including phenoxy) is 1. The Balaban J connectivity index is 1.60. The van der Waals surface area contributed by atoms with Crippen molar-refractivity contribution in [1.82, 2.24) is 9.71 Å². The lowest BCUT2D eigenvalue weighted by molar-refractivity contribution is 0.0891. The average molecular weight is 485 g/mol. The van der Waals surface area contributed by atoms with E-state index in [4.69, 9.17) is 9.57 Å². The predicted molar refractivity (Wildman–Crippen MR) is 118 cm³/mol. The van der Waals surface area contributed by atoms with E-state index in [-0.39, 0.29) is 36.0 Å². The molecule has 1 aromatic carbocycles. The molecule has 0 aliphatic carbocycles. The van der Waals surface area contributed by atoms with Gasteiger partial charge in [0.1, 0.15) is 11.0 Å². The minimum absolute atomic E-state index is 0.0645. The summed E-state index contributed by atoms with van der Waals surface area (Å²) < 4.78 is 60.8. The smallest absolute Gasteiger partial charge is 0.242 e. The molecule has 0 amide bonds. The Hall–Kier alpha value is -2.83. The minimum atomic E-state index is -4.07. The summed E-state index contributed by atoms with van der Waals surface area (Å²) in [6.45, 7) is 1.82. The first-order chi connectivity index (χ1) is 15.6. The van der Waals surface area contributed by atoms with Crippen LogP contribution in [0, 0.1) is 11.6 Å². The number of aliphatic hydroxyl groups is 1. The molecule has 1 aliphatic rings. The van der Waals surface area contributed by atoms with Crippen molar-refractivity contribution in [3.05, 3.63) is 47.7 Å². The number of hydrogen-bond acceptors (Lipinski definition) is 8. The highest BCUT2D eigenvalue weighted by atomic mass is 32.2. The number of halogens is 2. The topological polar surface area (TPSA) is 113 Å². The van der Waals surface area contributed by atoms with Crippen LogP contribution in [0.15, 0.2) is 40.5 Å². The van der Waals surface area contributed by atoms with Crippen LogP contribution in [-0.2, 0) is 14.9 Å². The molecule has 1 aromatic heterocycles. The molecule has 0 fully saturated rings. The maximum Gasteiger partial charge on any atom is 0.242 e. The van der Waals surface area contributed by atoms with Crippen molar-refractivity contribution in [2.75, 3.05) is 32.1 Å². The van der Waals surface area contributed by atoms with E-state index < -0.39 is 33.9 Å². The molecule has 0 saturated heterocycles. The maximum atomic E-state index is 14.5. The highest BCUT2D eigenvalue weighted by Gasteiger charge is 2.26. The van der Waals surface area contributed by atoms with Gasteiger partial charge >= 0.3 is 0 Å². The van der Waals surface area contributed by atoms with Gasteiger partial charge in [-0.05, 0) is 30.7 Å². The molecule has 0 saturated carbocycles. The lowest BCUT2D eigenvalue weighted by Gasteiger charge is -2.21. The fourth-order valence-electron chi connectivity index (χ4n) is 3.21. The molecule has 3 rings (SSSR count). The van der Waals surface area contributed by atoms with E-state index in [2.05, 4.69) is 14.9 Å². The van der Waals surface area contributed by atoms with Crippen LogP contribution in [0.1, 0.15) is 25.3 Å². The summed E-state index contributed by atoms with van der Waals surface area (Å²) in [6, 6.07) is 5.23. The predicted octanol–water partition coefficient (Wildman–Crippen LogP) is 2.05. The van der Waals surface area contributed by atoms with E-state index in [0.29, 0.717) is 17.7 Å². The zero-order valence-electron chi connectivity index (χ0n) is 18.5. The summed E-state index contributed by atoms with van der Waals surface area (Å²) >= 11 is 0. The van der Waals surface area contributed by atoms with Crippen LogP contribution in [-0.4, -0.2) is 63.7 Å². The summed E-state index contributed by atoms with van der Waals surface area (Å²) in [4.78, 5) is 10.2. The number of hydrogen-bond donors (Lipinski definition) is 2. The summed E-state index contributed by atoms with van der Waals surface area (Å²) in [5.41, 5.74) is 0.966. The van der Waals surface area contributed by atoms with E-state index in [1.165, 1.54) is 24.1 Å². The first-order valence-corrected chi connectivity index (χ1v) is 11.7. The van der Waals surface area contributed by atoms with E-state index in [9.17, 15) is 22.3 Å². The lowest BCUT2D eigenvalue weighted by atomic mass is 10.0. The third kappa shape index (κ3) is 5.95. The van der Waals surface area contributed by atoms with E-state index >= 15 is 0 Å². The average Bonchev–Trinajstić information content (AvgIpc) is 3.26. The normalized spacial score (nSPS) is 16.8. The number of methoxy groups -OCH3 is 1. The molecule has 0 spiro atoms. The minimum Gasteiger partial charge on any atom is -0.494 e. The van der Waals surface area contributed by atoms with Gasteiger partial charge in [-0.25, -0.2) is 26.9 Å². The molecule has 180 valence electrons. The Labute approximate surface area is 191 Å². The molecule has 33 heavy (non-hydrogen) atoms. The van der Waals surface area contributed by atoms with Crippen LogP contribution >= 0.6 is 0 Å². The number of aliphatic hydroxyl groups excluding tert-OH is 1. The van der Waals surface area contributed by atoms with Gasteiger partial charge in [-0.1, -0.05) is 12.1 Å². The number of benzene rings is 1. The molecule has 0 radical (unpaired) electrons. The van der Waals surface area contributed by atoms with E-state index in [1.807, 2.05) is 0 Å². The second kappa shape index (κ2) is 10.4. The molecule has 2 unspecified atom stereocenters. The Kier molecular flexibility index (Phi) is 7.82. The first kappa shape index (κ1) is 24.8. The van der Waals surface area contributed by atoms with Gasteiger partial charge in [-0.15, -0.1) is 0 Å². The fraction of sp³-hybridized carbons (Fsp3) is 0.429. The van der Waals surface area contributed by atoms with E-state index in [0.717, 1.165) is 12.3 Å². The van der Waals surface area contributed by atoms with Gasteiger partial charge in [-0.2, -0.15) is 0 Å². The second-order valence-corrected chi connectivity index (χ2v) is 9.36. The summed E-state index contributed by atoms with van der Waals surface area (Å²) in [5.74, 6) is -1.34. The van der Waals surface area contributed by atoms with Gasteiger partial charge in [0.2, 0.25) is 10.0 Å². The van der Waals surface area contributed by atoms with Gasteiger partial charge in [0.15, 0.2) is 23.2 Å². The van der Waals surface area contributed by atoms with Crippen LogP contribution in [0.2, 0.25) is 0 Å². The van der Waals surface area contributed by atoms with Crippen LogP contribution < -0.4 is 14.4 Å². The molecular formula is C21H26F2N4O5S. The van der Waals surface area contributed by atoms with Gasteiger partial charge in [0.05, 0.1) is 25.5 Å². The zero-order valence-corrected chi connectivity index (χ0v) is 19.3. The number of rotatable bonds is 10. The summed E-state index contributed by atoms with van der Waals surface area (Å²) in [6.07, 6.45) is 0.523. The molecule has 2 heterocycles. The Morgan fingerprint density at radius 3 is 2.73 bits per heavy atom. The highest BCUT2D eigenvalue weighted by molar-refractivity contribution is 7.89. The van der Waals surface area contributed by atoms with Gasteiger partial charge in [-0.3, -0.25) is 0 Å². The van der Waals surface area contributed by atoms with Crippen molar-refractivity contribution in [3.8, 4) is 5.75 Å². The summed E-state index contributed by atoms with van der Waals surface area (Å²) in [5, 5.41) is 13.6. The van der Waals surface area contributed by atoms with Gasteiger partial charge in [0.25, 0.3) is 0 Å². The maximum absolute atomic E-state index is 14.5. The fourth-order valence-corrected chi connectivity index (χ4v) is 4.23. The van der Waals surface area contributed by atoms with Crippen LogP contribution in [0.4, 0.5) is 14.6 Å². The number of nitrogens with one attached hydrogen (secondary N) is 1. The highest BCUT2D eigenvalue weighted by Crippen LogP contribution is 2.23. The third-order valence-electron chi connectivity index (χ3n) is 5.14. The van der Waals surface area contributed by atoms with Crippen LogP contribution in [0.3, 0.4) is 0 Å². The molecule has 2 N–H and O–H groups in total. The van der Waals surface area contributed by atoms with Gasteiger partial charge < -0.3 is 19.6 Å². The number of pyridine rings is 1. The number of likely N-dealkylation sites (N-methyl/N-ethyl adjacent to an activating group) is 1. The third-order valence-corrected chi connectivity index (χ3v) is 6.53. The number of anilines is 1.